The van der Waals surface area contributed by atoms with Crippen molar-refractivity contribution in [1.29, 1.82) is 0 Å². The molecule has 7 nitrogen and oxygen atoms in total. The number of amides is 1. The Morgan fingerprint density at radius 3 is 2.63 bits per heavy atom. The molecule has 1 aromatic rings. The molecule has 19 heavy (non-hydrogen) atoms. The first-order chi connectivity index (χ1) is 8.93. The molecule has 104 valence electrons. The average molecular weight is 267 g/mol. The van der Waals surface area contributed by atoms with Gasteiger partial charge in [0.25, 0.3) is 0 Å². The second-order valence-corrected chi connectivity index (χ2v) is 4.97. The Labute approximate surface area is 110 Å². The fourth-order valence-corrected chi connectivity index (χ4v) is 2.06. The summed E-state index contributed by atoms with van der Waals surface area (Å²) < 4.78 is 5.05. The van der Waals surface area contributed by atoms with Gasteiger partial charge in [-0.05, 0) is 33.1 Å². The Morgan fingerprint density at radius 2 is 2.21 bits per heavy atom. The largest absolute Gasteiger partial charge is 0.477 e. The molecule has 1 saturated carbocycles. The number of nitrogens with one attached hydrogen (secondary N) is 2. The Bertz CT molecular complexity index is 491. The molecular formula is C12H17N3O4. The van der Waals surface area contributed by atoms with Crippen LogP contribution in [0.5, 0.6) is 0 Å². The van der Waals surface area contributed by atoms with Crippen LogP contribution in [0.3, 0.4) is 0 Å². The number of imidazole rings is 1. The third-order valence-corrected chi connectivity index (χ3v) is 3.15. The maximum absolute atomic E-state index is 11.7. The zero-order valence-electron chi connectivity index (χ0n) is 10.9. The molecule has 0 atom stereocenters. The van der Waals surface area contributed by atoms with E-state index in [2.05, 4.69) is 15.3 Å². The van der Waals surface area contributed by atoms with Crippen LogP contribution in [-0.2, 0) is 10.3 Å². The van der Waals surface area contributed by atoms with Gasteiger partial charge < -0.3 is 20.1 Å². The van der Waals surface area contributed by atoms with Gasteiger partial charge in [-0.25, -0.2) is 14.6 Å². The predicted octanol–water partition coefficient (Wildman–Crippen LogP) is 1.62. The number of H-pyrrole nitrogens is 1. The molecule has 0 radical (unpaired) electrons. The van der Waals surface area contributed by atoms with Crippen LogP contribution in [0, 0.1) is 0 Å². The molecule has 0 bridgehead atoms. The number of carbonyl (C=O) groups is 2. The quantitative estimate of drug-likeness (QED) is 0.769. The smallest absolute Gasteiger partial charge is 0.408 e. The fraction of sp³-hybridized carbons (Fsp3) is 0.583. The van der Waals surface area contributed by atoms with Crippen LogP contribution in [0.15, 0.2) is 6.20 Å². The van der Waals surface area contributed by atoms with E-state index in [9.17, 15) is 9.59 Å². The predicted molar refractivity (Wildman–Crippen MR) is 65.8 cm³/mol. The van der Waals surface area contributed by atoms with Crippen molar-refractivity contribution in [3.05, 3.63) is 17.7 Å². The summed E-state index contributed by atoms with van der Waals surface area (Å²) in [5.41, 5.74) is -0.611. The summed E-state index contributed by atoms with van der Waals surface area (Å²) in [7, 11) is 0. The molecule has 0 aliphatic heterocycles. The number of carbonyl (C=O) groups excluding carboxylic acids is 1. The number of nitrogens with zero attached hydrogens (tertiary/aromatic N) is 1. The number of carboxylic acid groups (broad SMARTS) is 1. The standard InChI is InChI=1S/C12H17N3O4/c1-7(2)19-11(18)15-12(4-3-5-12)10-13-6-8(14-10)9(16)17/h6-7H,3-5H2,1-2H3,(H,13,14)(H,15,18)(H,16,17). The van der Waals surface area contributed by atoms with Gasteiger partial charge >= 0.3 is 12.1 Å². The highest BCUT2D eigenvalue weighted by atomic mass is 16.6. The topological polar surface area (TPSA) is 104 Å². The first kappa shape index (κ1) is 13.4. The second-order valence-electron chi connectivity index (χ2n) is 4.97. The second kappa shape index (κ2) is 4.91. The minimum atomic E-state index is -1.07. The van der Waals surface area contributed by atoms with E-state index in [-0.39, 0.29) is 11.8 Å². The van der Waals surface area contributed by atoms with E-state index in [0.717, 1.165) is 6.42 Å². The van der Waals surface area contributed by atoms with Crippen molar-refractivity contribution in [2.24, 2.45) is 0 Å². The summed E-state index contributed by atoms with van der Waals surface area (Å²) in [5, 5.41) is 11.7. The number of alkyl carbamates (subject to hydrolysis) is 1. The number of rotatable bonds is 4. The van der Waals surface area contributed by atoms with Gasteiger partial charge in [0.2, 0.25) is 0 Å². The summed E-state index contributed by atoms with van der Waals surface area (Å²) in [6.45, 7) is 3.53. The lowest BCUT2D eigenvalue weighted by Crippen LogP contribution is -2.52. The molecule has 1 heterocycles. The number of carboxylic acids is 1. The minimum absolute atomic E-state index is 0.0142. The van der Waals surface area contributed by atoms with Crippen molar-refractivity contribution >= 4 is 12.1 Å². The lowest BCUT2D eigenvalue weighted by atomic mass is 9.76. The van der Waals surface area contributed by atoms with Gasteiger partial charge in [-0.1, -0.05) is 0 Å². The van der Waals surface area contributed by atoms with Crippen molar-refractivity contribution in [2.75, 3.05) is 0 Å². The summed E-state index contributed by atoms with van der Waals surface area (Å²) in [6.07, 6.45) is 2.92. The lowest BCUT2D eigenvalue weighted by Gasteiger charge is -2.40. The molecular weight excluding hydrogens is 250 g/mol. The third kappa shape index (κ3) is 2.69. The van der Waals surface area contributed by atoms with Gasteiger partial charge in [-0.15, -0.1) is 0 Å². The molecule has 1 aliphatic carbocycles. The van der Waals surface area contributed by atoms with Gasteiger partial charge in [0.1, 0.15) is 17.1 Å². The molecule has 0 unspecified atom stereocenters. The third-order valence-electron chi connectivity index (χ3n) is 3.15. The Balaban J connectivity index is 2.13. The van der Waals surface area contributed by atoms with E-state index in [1.807, 2.05) is 0 Å². The van der Waals surface area contributed by atoms with Crippen molar-refractivity contribution in [2.45, 2.75) is 44.8 Å². The maximum Gasteiger partial charge on any atom is 0.408 e. The number of aromatic amines is 1. The Morgan fingerprint density at radius 1 is 1.53 bits per heavy atom. The van der Waals surface area contributed by atoms with E-state index in [1.54, 1.807) is 13.8 Å². The highest BCUT2D eigenvalue weighted by Gasteiger charge is 2.43. The molecule has 7 heteroatoms. The molecule has 1 aromatic heterocycles. The van der Waals surface area contributed by atoms with E-state index >= 15 is 0 Å². The summed E-state index contributed by atoms with van der Waals surface area (Å²) in [4.78, 5) is 29.3. The number of aromatic carboxylic acids is 1. The highest BCUT2D eigenvalue weighted by Crippen LogP contribution is 2.39. The SMILES string of the molecule is CC(C)OC(=O)NC1(c2ncc(C(=O)O)[nH]2)CCC1. The normalized spacial score (nSPS) is 16.8. The van der Waals surface area contributed by atoms with Crippen molar-refractivity contribution in [1.82, 2.24) is 15.3 Å². The molecule has 0 spiro atoms. The van der Waals surface area contributed by atoms with Crippen LogP contribution in [0.25, 0.3) is 0 Å². The molecule has 1 aliphatic rings. The van der Waals surface area contributed by atoms with E-state index in [4.69, 9.17) is 9.84 Å². The van der Waals surface area contributed by atoms with Crippen molar-refractivity contribution in [3.8, 4) is 0 Å². The van der Waals surface area contributed by atoms with E-state index < -0.39 is 17.6 Å². The zero-order valence-corrected chi connectivity index (χ0v) is 10.9. The van der Waals surface area contributed by atoms with Gasteiger partial charge in [-0.2, -0.15) is 0 Å². The Hall–Kier alpha value is -2.05. The van der Waals surface area contributed by atoms with Gasteiger partial charge in [0, 0.05) is 0 Å². The molecule has 0 aromatic carbocycles. The lowest BCUT2D eigenvalue weighted by molar-refractivity contribution is 0.0690. The van der Waals surface area contributed by atoms with Gasteiger partial charge in [0.05, 0.1) is 12.3 Å². The average Bonchev–Trinajstić information content (AvgIpc) is 2.71. The zero-order chi connectivity index (χ0) is 14.0. The number of ether oxygens (including phenoxy) is 1. The van der Waals surface area contributed by atoms with Crippen molar-refractivity contribution < 1.29 is 19.4 Å². The maximum atomic E-state index is 11.7. The summed E-state index contributed by atoms with van der Waals surface area (Å²) >= 11 is 0. The van der Waals surface area contributed by atoms with Gasteiger partial charge in [0.15, 0.2) is 0 Å². The van der Waals surface area contributed by atoms with Crippen LogP contribution in [-0.4, -0.2) is 33.2 Å². The summed E-state index contributed by atoms with van der Waals surface area (Å²) in [6, 6.07) is 0. The molecule has 2 rings (SSSR count). The summed E-state index contributed by atoms with van der Waals surface area (Å²) in [5.74, 6) is -0.602. The number of hydrogen-bond acceptors (Lipinski definition) is 4. The Kier molecular flexibility index (Phi) is 3.46. The van der Waals surface area contributed by atoms with Crippen LogP contribution in [0.2, 0.25) is 0 Å². The number of hydrogen-bond donors (Lipinski definition) is 3. The van der Waals surface area contributed by atoms with Crippen LogP contribution in [0.1, 0.15) is 49.4 Å². The molecule has 3 N–H and O–H groups in total. The number of aromatic nitrogens is 2. The molecule has 1 amide bonds. The molecule has 1 fully saturated rings. The van der Waals surface area contributed by atoms with Crippen LogP contribution >= 0.6 is 0 Å². The molecule has 0 saturated heterocycles. The minimum Gasteiger partial charge on any atom is -0.477 e. The van der Waals surface area contributed by atoms with Crippen LogP contribution < -0.4 is 5.32 Å². The van der Waals surface area contributed by atoms with Crippen molar-refractivity contribution in [3.63, 3.8) is 0 Å². The first-order valence-corrected chi connectivity index (χ1v) is 6.20. The first-order valence-electron chi connectivity index (χ1n) is 6.20. The van der Waals surface area contributed by atoms with Crippen LogP contribution in [0.4, 0.5) is 4.79 Å². The monoisotopic (exact) mass is 267 g/mol. The highest BCUT2D eigenvalue weighted by molar-refractivity contribution is 5.85. The van der Waals surface area contributed by atoms with E-state index in [1.165, 1.54) is 6.20 Å². The van der Waals surface area contributed by atoms with E-state index in [0.29, 0.717) is 18.7 Å². The van der Waals surface area contributed by atoms with Gasteiger partial charge in [-0.3, -0.25) is 0 Å². The fourth-order valence-electron chi connectivity index (χ4n) is 2.06.